The third-order valence-corrected chi connectivity index (χ3v) is 2.26. The SMILES string of the molecule is CN(C)CC(O)CNc1cccc(C(N)=O)c1. The minimum absolute atomic E-state index is 0.431. The van der Waals surface area contributed by atoms with E-state index in [4.69, 9.17) is 5.73 Å². The molecule has 0 aliphatic rings. The number of primary amides is 1. The molecule has 0 heterocycles. The fraction of sp³-hybridized carbons (Fsp3) is 0.417. The zero-order valence-electron chi connectivity index (χ0n) is 10.2. The maximum Gasteiger partial charge on any atom is 0.248 e. The van der Waals surface area contributed by atoms with Gasteiger partial charge in [0.1, 0.15) is 0 Å². The molecule has 0 spiro atoms. The number of benzene rings is 1. The molecule has 1 unspecified atom stereocenters. The van der Waals surface area contributed by atoms with Gasteiger partial charge in [-0.2, -0.15) is 0 Å². The summed E-state index contributed by atoms with van der Waals surface area (Å²) >= 11 is 0. The van der Waals surface area contributed by atoms with E-state index in [0.29, 0.717) is 18.7 Å². The Balaban J connectivity index is 2.51. The lowest BCUT2D eigenvalue weighted by molar-refractivity contribution is 0.100. The Kier molecular flexibility index (Phi) is 4.93. The van der Waals surface area contributed by atoms with Gasteiger partial charge in [-0.15, -0.1) is 0 Å². The summed E-state index contributed by atoms with van der Waals surface area (Å²) in [7, 11) is 3.80. The summed E-state index contributed by atoms with van der Waals surface area (Å²) in [5.74, 6) is -0.456. The predicted octanol–water partition coefficient (Wildman–Crippen LogP) is 0.120. The number of nitrogens with one attached hydrogen (secondary N) is 1. The van der Waals surface area contributed by atoms with Crippen molar-refractivity contribution in [2.24, 2.45) is 5.73 Å². The Hall–Kier alpha value is -1.59. The Morgan fingerprint density at radius 1 is 1.53 bits per heavy atom. The average molecular weight is 237 g/mol. The van der Waals surface area contributed by atoms with Gasteiger partial charge in [-0.25, -0.2) is 0 Å². The Morgan fingerprint density at radius 2 is 2.24 bits per heavy atom. The molecule has 4 N–H and O–H groups in total. The Morgan fingerprint density at radius 3 is 2.82 bits per heavy atom. The van der Waals surface area contributed by atoms with Gasteiger partial charge in [0, 0.05) is 24.3 Å². The first-order chi connectivity index (χ1) is 7.99. The van der Waals surface area contributed by atoms with Crippen LogP contribution in [0.1, 0.15) is 10.4 Å². The summed E-state index contributed by atoms with van der Waals surface area (Å²) in [6, 6.07) is 6.91. The lowest BCUT2D eigenvalue weighted by Gasteiger charge is -2.17. The minimum atomic E-state index is -0.456. The molecule has 5 nitrogen and oxygen atoms in total. The molecule has 5 heteroatoms. The van der Waals surface area contributed by atoms with Crippen molar-refractivity contribution in [2.45, 2.75) is 6.10 Å². The van der Waals surface area contributed by atoms with E-state index in [1.807, 2.05) is 25.1 Å². The molecule has 1 atom stereocenters. The van der Waals surface area contributed by atoms with Crippen molar-refractivity contribution in [3.8, 4) is 0 Å². The Bertz CT molecular complexity index is 380. The van der Waals surface area contributed by atoms with Crippen LogP contribution < -0.4 is 11.1 Å². The molecule has 0 aromatic heterocycles. The summed E-state index contributed by atoms with van der Waals surface area (Å²) < 4.78 is 0. The van der Waals surface area contributed by atoms with Crippen LogP contribution in [0.2, 0.25) is 0 Å². The van der Waals surface area contributed by atoms with Crippen molar-refractivity contribution in [1.29, 1.82) is 0 Å². The summed E-state index contributed by atoms with van der Waals surface area (Å²) in [6.45, 7) is 1.02. The topological polar surface area (TPSA) is 78.6 Å². The zero-order valence-corrected chi connectivity index (χ0v) is 10.2. The van der Waals surface area contributed by atoms with Gasteiger partial charge < -0.3 is 21.1 Å². The highest BCUT2D eigenvalue weighted by Crippen LogP contribution is 2.10. The second-order valence-corrected chi connectivity index (χ2v) is 4.24. The maximum absolute atomic E-state index is 11.0. The fourth-order valence-electron chi connectivity index (χ4n) is 1.50. The number of carbonyl (C=O) groups is 1. The van der Waals surface area contributed by atoms with E-state index in [-0.39, 0.29) is 0 Å². The number of nitrogens with two attached hydrogens (primary N) is 1. The van der Waals surface area contributed by atoms with Gasteiger partial charge in [0.25, 0.3) is 0 Å². The van der Waals surface area contributed by atoms with Crippen LogP contribution in [-0.2, 0) is 0 Å². The minimum Gasteiger partial charge on any atom is -0.390 e. The van der Waals surface area contributed by atoms with Gasteiger partial charge in [0.05, 0.1) is 6.10 Å². The number of hydrogen-bond donors (Lipinski definition) is 3. The molecule has 1 amide bonds. The van der Waals surface area contributed by atoms with Crippen LogP contribution in [0.25, 0.3) is 0 Å². The van der Waals surface area contributed by atoms with Crippen LogP contribution in [0.15, 0.2) is 24.3 Å². The summed E-state index contributed by atoms with van der Waals surface area (Å²) in [6.07, 6.45) is -0.456. The van der Waals surface area contributed by atoms with Crippen LogP contribution >= 0.6 is 0 Å². The van der Waals surface area contributed by atoms with Crippen LogP contribution in [-0.4, -0.2) is 49.2 Å². The predicted molar refractivity (Wildman–Crippen MR) is 68.0 cm³/mol. The normalized spacial score (nSPS) is 12.5. The molecule has 0 fully saturated rings. The number of amides is 1. The largest absolute Gasteiger partial charge is 0.390 e. The number of anilines is 1. The smallest absolute Gasteiger partial charge is 0.248 e. The van der Waals surface area contributed by atoms with Crippen molar-refractivity contribution >= 4 is 11.6 Å². The number of carbonyl (C=O) groups excluding carboxylic acids is 1. The van der Waals surface area contributed by atoms with E-state index in [0.717, 1.165) is 5.69 Å². The van der Waals surface area contributed by atoms with E-state index < -0.39 is 12.0 Å². The number of likely N-dealkylation sites (N-methyl/N-ethyl adjacent to an activating group) is 1. The Labute approximate surface area is 101 Å². The van der Waals surface area contributed by atoms with Gasteiger partial charge in [-0.05, 0) is 32.3 Å². The number of aliphatic hydroxyl groups excluding tert-OH is 1. The first-order valence-corrected chi connectivity index (χ1v) is 5.45. The molecule has 0 radical (unpaired) electrons. The van der Waals surface area contributed by atoms with Crippen LogP contribution in [0.3, 0.4) is 0 Å². The van der Waals surface area contributed by atoms with Crippen molar-refractivity contribution in [2.75, 3.05) is 32.5 Å². The lowest BCUT2D eigenvalue weighted by Crippen LogP contribution is -2.31. The monoisotopic (exact) mass is 237 g/mol. The lowest BCUT2D eigenvalue weighted by atomic mass is 10.2. The van der Waals surface area contributed by atoms with E-state index in [1.165, 1.54) is 0 Å². The van der Waals surface area contributed by atoms with Gasteiger partial charge in [-0.1, -0.05) is 6.07 Å². The summed E-state index contributed by atoms with van der Waals surface area (Å²) in [4.78, 5) is 12.9. The van der Waals surface area contributed by atoms with E-state index in [9.17, 15) is 9.90 Å². The van der Waals surface area contributed by atoms with Crippen molar-refractivity contribution in [1.82, 2.24) is 4.90 Å². The average Bonchev–Trinajstić information content (AvgIpc) is 2.26. The first-order valence-electron chi connectivity index (χ1n) is 5.45. The molecule has 1 rings (SSSR count). The quantitative estimate of drug-likeness (QED) is 0.656. The molecule has 17 heavy (non-hydrogen) atoms. The molecule has 1 aromatic rings. The maximum atomic E-state index is 11.0. The molecule has 0 saturated heterocycles. The van der Waals surface area contributed by atoms with Gasteiger partial charge >= 0.3 is 0 Å². The van der Waals surface area contributed by atoms with Crippen molar-refractivity contribution in [3.05, 3.63) is 29.8 Å². The van der Waals surface area contributed by atoms with Crippen molar-refractivity contribution in [3.63, 3.8) is 0 Å². The third-order valence-electron chi connectivity index (χ3n) is 2.26. The van der Waals surface area contributed by atoms with E-state index >= 15 is 0 Å². The van der Waals surface area contributed by atoms with Crippen LogP contribution in [0, 0.1) is 0 Å². The highest BCUT2D eigenvalue weighted by molar-refractivity contribution is 5.93. The van der Waals surface area contributed by atoms with Crippen LogP contribution in [0.5, 0.6) is 0 Å². The van der Waals surface area contributed by atoms with E-state index in [2.05, 4.69) is 5.32 Å². The zero-order chi connectivity index (χ0) is 12.8. The third kappa shape index (κ3) is 4.84. The second-order valence-electron chi connectivity index (χ2n) is 4.24. The molecule has 0 aliphatic carbocycles. The van der Waals surface area contributed by atoms with E-state index in [1.54, 1.807) is 18.2 Å². The fourth-order valence-corrected chi connectivity index (χ4v) is 1.50. The highest BCUT2D eigenvalue weighted by atomic mass is 16.3. The molecule has 0 saturated carbocycles. The molecule has 94 valence electrons. The molecule has 1 aromatic carbocycles. The first kappa shape index (κ1) is 13.5. The van der Waals surface area contributed by atoms with Gasteiger partial charge in [-0.3, -0.25) is 4.79 Å². The molecule has 0 aliphatic heterocycles. The van der Waals surface area contributed by atoms with Crippen molar-refractivity contribution < 1.29 is 9.90 Å². The number of aliphatic hydroxyl groups is 1. The number of hydrogen-bond acceptors (Lipinski definition) is 4. The second kappa shape index (κ2) is 6.22. The standard InChI is InChI=1S/C12H19N3O2/c1-15(2)8-11(16)7-14-10-5-3-4-9(6-10)12(13)17/h3-6,11,14,16H,7-8H2,1-2H3,(H2,13,17). The molecule has 0 bridgehead atoms. The van der Waals surface area contributed by atoms with Gasteiger partial charge in [0.2, 0.25) is 5.91 Å². The highest BCUT2D eigenvalue weighted by Gasteiger charge is 2.06. The van der Waals surface area contributed by atoms with Gasteiger partial charge in [0.15, 0.2) is 0 Å². The summed E-state index contributed by atoms with van der Waals surface area (Å²) in [5, 5.41) is 12.7. The summed E-state index contributed by atoms with van der Waals surface area (Å²) in [5.41, 5.74) is 6.41. The molecular weight excluding hydrogens is 218 g/mol. The number of rotatable bonds is 6. The van der Waals surface area contributed by atoms with Crippen LogP contribution in [0.4, 0.5) is 5.69 Å². The molecular formula is C12H19N3O2. The number of nitrogens with zero attached hydrogens (tertiary/aromatic N) is 1.